The third-order valence-electron chi connectivity index (χ3n) is 5.82. The Kier molecular flexibility index (Phi) is 2.87. The summed E-state index contributed by atoms with van der Waals surface area (Å²) in [5, 5.41) is 0. The van der Waals surface area contributed by atoms with Crippen LogP contribution < -0.4 is 4.74 Å². The molecule has 0 spiro atoms. The number of carbonyl (C=O) groups is 1. The van der Waals surface area contributed by atoms with Gasteiger partial charge >= 0.3 is 0 Å². The van der Waals surface area contributed by atoms with Crippen LogP contribution in [-0.2, 0) is 10.2 Å². The van der Waals surface area contributed by atoms with E-state index in [0.29, 0.717) is 5.41 Å². The number of ether oxygens (including phenoxy) is 1. The molecule has 0 aliphatic heterocycles. The molecule has 106 valence electrons. The molecule has 2 nitrogen and oxygen atoms in total. The van der Waals surface area contributed by atoms with Crippen LogP contribution in [0.25, 0.3) is 0 Å². The van der Waals surface area contributed by atoms with E-state index in [-0.39, 0.29) is 6.61 Å². The van der Waals surface area contributed by atoms with Gasteiger partial charge in [-0.05, 0) is 79.4 Å². The summed E-state index contributed by atoms with van der Waals surface area (Å²) in [4.78, 5) is 10.3. The van der Waals surface area contributed by atoms with Crippen LogP contribution in [0.4, 0.5) is 0 Å². The lowest BCUT2D eigenvalue weighted by Crippen LogP contribution is -2.48. The molecule has 0 unspecified atom stereocenters. The largest absolute Gasteiger partial charge is 0.486 e. The van der Waals surface area contributed by atoms with Gasteiger partial charge in [0.15, 0.2) is 6.29 Å². The molecule has 4 aliphatic carbocycles. The Balaban J connectivity index is 1.59. The monoisotopic (exact) mass is 270 g/mol. The lowest BCUT2D eigenvalue weighted by atomic mass is 9.48. The van der Waals surface area contributed by atoms with Crippen LogP contribution in [0.1, 0.15) is 44.1 Å². The average molecular weight is 270 g/mol. The first-order valence-electron chi connectivity index (χ1n) is 7.94. The minimum Gasteiger partial charge on any atom is -0.486 e. The van der Waals surface area contributed by atoms with Crippen LogP contribution in [-0.4, -0.2) is 12.9 Å². The van der Waals surface area contributed by atoms with E-state index in [9.17, 15) is 4.79 Å². The van der Waals surface area contributed by atoms with E-state index < -0.39 is 0 Å². The van der Waals surface area contributed by atoms with E-state index in [2.05, 4.69) is 12.1 Å². The minimum atomic E-state index is 0.150. The highest BCUT2D eigenvalue weighted by Crippen LogP contribution is 2.60. The van der Waals surface area contributed by atoms with E-state index in [0.717, 1.165) is 29.8 Å². The Morgan fingerprint density at radius 3 is 2.05 bits per heavy atom. The maximum absolute atomic E-state index is 10.3. The number of benzene rings is 1. The second kappa shape index (κ2) is 4.61. The van der Waals surface area contributed by atoms with Gasteiger partial charge in [0.25, 0.3) is 0 Å². The summed E-state index contributed by atoms with van der Waals surface area (Å²) < 4.78 is 5.36. The van der Waals surface area contributed by atoms with Crippen molar-refractivity contribution < 1.29 is 9.53 Å². The summed E-state index contributed by atoms with van der Waals surface area (Å²) in [5.41, 5.74) is 1.97. The molecular formula is C18H22O2. The Morgan fingerprint density at radius 2 is 1.55 bits per heavy atom. The number of aldehydes is 1. The number of hydrogen-bond donors (Lipinski definition) is 0. The predicted octanol–water partition coefficient (Wildman–Crippen LogP) is 3.73. The summed E-state index contributed by atoms with van der Waals surface area (Å²) in [7, 11) is 0. The molecule has 2 heteroatoms. The molecule has 0 atom stereocenters. The Hall–Kier alpha value is -1.31. The SMILES string of the molecule is O=CCOc1ccc(C23CC4CC(CC(C4)C2)C3)cc1. The van der Waals surface area contributed by atoms with Gasteiger partial charge in [-0.2, -0.15) is 0 Å². The van der Waals surface area contributed by atoms with E-state index in [1.54, 1.807) is 0 Å². The first-order chi connectivity index (χ1) is 9.77. The fraction of sp³-hybridized carbons (Fsp3) is 0.611. The molecular weight excluding hydrogens is 248 g/mol. The Labute approximate surface area is 120 Å². The van der Waals surface area contributed by atoms with Gasteiger partial charge in [-0.15, -0.1) is 0 Å². The predicted molar refractivity (Wildman–Crippen MR) is 77.9 cm³/mol. The van der Waals surface area contributed by atoms with Crippen LogP contribution in [0, 0.1) is 17.8 Å². The third-order valence-corrected chi connectivity index (χ3v) is 5.82. The zero-order valence-corrected chi connectivity index (χ0v) is 11.9. The maximum Gasteiger partial charge on any atom is 0.157 e. The Morgan fingerprint density at radius 1 is 1.00 bits per heavy atom. The van der Waals surface area contributed by atoms with Crippen LogP contribution in [0.15, 0.2) is 24.3 Å². The van der Waals surface area contributed by atoms with E-state index in [1.165, 1.54) is 44.1 Å². The molecule has 5 rings (SSSR count). The van der Waals surface area contributed by atoms with Gasteiger partial charge in [-0.3, -0.25) is 4.79 Å². The highest BCUT2D eigenvalue weighted by Gasteiger charge is 2.51. The highest BCUT2D eigenvalue weighted by molar-refractivity contribution is 5.51. The van der Waals surface area contributed by atoms with Crippen molar-refractivity contribution in [3.05, 3.63) is 29.8 Å². The van der Waals surface area contributed by atoms with E-state index in [4.69, 9.17) is 4.74 Å². The zero-order valence-electron chi connectivity index (χ0n) is 11.9. The van der Waals surface area contributed by atoms with Crippen molar-refractivity contribution in [2.45, 2.75) is 43.9 Å². The maximum atomic E-state index is 10.3. The summed E-state index contributed by atoms with van der Waals surface area (Å²) in [6.45, 7) is 0.150. The lowest BCUT2D eigenvalue weighted by molar-refractivity contribution is -0.109. The standard InChI is InChI=1S/C18H22O2/c19-5-6-20-17-3-1-16(2-4-17)18-10-13-7-14(11-18)9-15(8-13)12-18/h1-5,13-15H,6-12H2. The Bertz CT molecular complexity index is 467. The van der Waals surface area contributed by atoms with Gasteiger partial charge in [0.2, 0.25) is 0 Å². The molecule has 4 fully saturated rings. The van der Waals surface area contributed by atoms with Crippen molar-refractivity contribution in [3.63, 3.8) is 0 Å². The van der Waals surface area contributed by atoms with Crippen LogP contribution in [0.2, 0.25) is 0 Å². The molecule has 0 aromatic heterocycles. The van der Waals surface area contributed by atoms with Crippen molar-refractivity contribution >= 4 is 6.29 Å². The zero-order chi connectivity index (χ0) is 13.6. The first kappa shape index (κ1) is 12.4. The molecule has 4 saturated carbocycles. The molecule has 0 N–H and O–H groups in total. The van der Waals surface area contributed by atoms with Crippen molar-refractivity contribution in [3.8, 4) is 5.75 Å². The molecule has 20 heavy (non-hydrogen) atoms. The first-order valence-corrected chi connectivity index (χ1v) is 7.94. The van der Waals surface area contributed by atoms with Crippen LogP contribution >= 0.6 is 0 Å². The molecule has 0 saturated heterocycles. The normalized spacial score (nSPS) is 37.9. The fourth-order valence-electron chi connectivity index (χ4n) is 5.50. The fourth-order valence-corrected chi connectivity index (χ4v) is 5.50. The lowest BCUT2D eigenvalue weighted by Gasteiger charge is -2.57. The van der Waals surface area contributed by atoms with Crippen molar-refractivity contribution in [1.82, 2.24) is 0 Å². The summed E-state index contributed by atoms with van der Waals surface area (Å²) >= 11 is 0. The molecule has 0 heterocycles. The second-order valence-electron chi connectivity index (χ2n) is 7.20. The average Bonchev–Trinajstić information content (AvgIpc) is 2.44. The smallest absolute Gasteiger partial charge is 0.157 e. The van der Waals surface area contributed by atoms with Crippen molar-refractivity contribution in [2.75, 3.05) is 6.61 Å². The molecule has 4 bridgehead atoms. The number of rotatable bonds is 4. The summed E-state index contributed by atoms with van der Waals surface area (Å²) in [6.07, 6.45) is 9.45. The van der Waals surface area contributed by atoms with Gasteiger partial charge in [0.1, 0.15) is 12.4 Å². The highest BCUT2D eigenvalue weighted by atomic mass is 16.5. The molecule has 0 amide bonds. The third kappa shape index (κ3) is 1.97. The van der Waals surface area contributed by atoms with Crippen LogP contribution in [0.3, 0.4) is 0 Å². The van der Waals surface area contributed by atoms with Gasteiger partial charge in [-0.25, -0.2) is 0 Å². The number of hydrogen-bond acceptors (Lipinski definition) is 2. The van der Waals surface area contributed by atoms with Gasteiger partial charge in [-0.1, -0.05) is 12.1 Å². The van der Waals surface area contributed by atoms with Crippen molar-refractivity contribution in [1.29, 1.82) is 0 Å². The van der Waals surface area contributed by atoms with Crippen LogP contribution in [0.5, 0.6) is 5.75 Å². The topological polar surface area (TPSA) is 26.3 Å². The molecule has 1 aromatic rings. The van der Waals surface area contributed by atoms with E-state index in [1.807, 2.05) is 12.1 Å². The summed E-state index contributed by atoms with van der Waals surface area (Å²) in [5.74, 6) is 3.75. The molecule has 4 aliphatic rings. The molecule has 1 aromatic carbocycles. The quantitative estimate of drug-likeness (QED) is 0.779. The van der Waals surface area contributed by atoms with E-state index >= 15 is 0 Å². The van der Waals surface area contributed by atoms with Crippen molar-refractivity contribution in [2.24, 2.45) is 17.8 Å². The van der Waals surface area contributed by atoms with Gasteiger partial charge < -0.3 is 4.74 Å². The summed E-state index contributed by atoms with van der Waals surface area (Å²) in [6, 6.07) is 8.56. The van der Waals surface area contributed by atoms with Gasteiger partial charge in [0.05, 0.1) is 0 Å². The number of carbonyl (C=O) groups excluding carboxylic acids is 1. The van der Waals surface area contributed by atoms with Gasteiger partial charge in [0, 0.05) is 0 Å². The second-order valence-corrected chi connectivity index (χ2v) is 7.20. The molecule has 0 radical (unpaired) electrons. The minimum absolute atomic E-state index is 0.150.